The molecule has 4 fully saturated rings. The summed E-state index contributed by atoms with van der Waals surface area (Å²) in [5, 5.41) is 30.8. The number of benzene rings is 2. The van der Waals surface area contributed by atoms with Gasteiger partial charge in [-0.15, -0.1) is 6.58 Å². The second kappa shape index (κ2) is 14.7. The molecule has 45 heavy (non-hydrogen) atoms. The Balaban J connectivity index is 1.10. The number of unbranched alkanes of at least 4 members (excludes halogenated alkanes) is 7. The van der Waals surface area contributed by atoms with Crippen molar-refractivity contribution in [3.8, 4) is 0 Å². The number of fused-ring (bicyclic) bond motifs is 2. The number of aliphatic hydroxyl groups excluding tert-OH is 2. The molecule has 2 heterocycles. The second-order valence-electron chi connectivity index (χ2n) is 13.2. The zero-order valence-electron chi connectivity index (χ0n) is 26.3. The SMILES string of the molecule is C=CCCCCCCCCCC1C2C(OCc3ccccc3)C(COC3C4C(O)C(CO)OC34O)OC12OCc1ccccc1. The van der Waals surface area contributed by atoms with Gasteiger partial charge in [-0.05, 0) is 30.4 Å². The summed E-state index contributed by atoms with van der Waals surface area (Å²) in [5.74, 6) is -2.62. The van der Waals surface area contributed by atoms with Crippen LogP contribution in [0.5, 0.6) is 0 Å². The average molecular weight is 623 g/mol. The monoisotopic (exact) mass is 622 g/mol. The van der Waals surface area contributed by atoms with E-state index in [1.165, 1.54) is 38.5 Å². The Kier molecular flexibility index (Phi) is 10.7. The fraction of sp³-hybridized carbons (Fsp3) is 0.622. The van der Waals surface area contributed by atoms with E-state index in [4.69, 9.17) is 23.7 Å². The summed E-state index contributed by atoms with van der Waals surface area (Å²) >= 11 is 0. The molecular formula is C37H50O8. The normalized spacial score (nSPS) is 36.1. The van der Waals surface area contributed by atoms with Gasteiger partial charge in [0, 0.05) is 5.92 Å². The van der Waals surface area contributed by atoms with Crippen LogP contribution in [0.3, 0.4) is 0 Å². The summed E-state index contributed by atoms with van der Waals surface area (Å²) in [6.07, 6.45) is 9.63. The number of hydrogen-bond donors (Lipinski definition) is 3. The van der Waals surface area contributed by atoms with E-state index in [2.05, 4.69) is 30.8 Å². The van der Waals surface area contributed by atoms with E-state index in [0.717, 1.165) is 30.4 Å². The van der Waals surface area contributed by atoms with E-state index in [9.17, 15) is 15.3 Å². The average Bonchev–Trinajstić information content (AvgIpc) is 3.77. The maximum absolute atomic E-state index is 10.8. The predicted molar refractivity (Wildman–Crippen MR) is 169 cm³/mol. The Morgan fingerprint density at radius 1 is 0.778 bits per heavy atom. The highest BCUT2D eigenvalue weighted by Gasteiger charge is 2.79. The number of aliphatic hydroxyl groups is 3. The molecule has 6 rings (SSSR count). The third-order valence-electron chi connectivity index (χ3n) is 10.2. The van der Waals surface area contributed by atoms with Gasteiger partial charge in [-0.2, -0.15) is 0 Å². The Hall–Kier alpha value is -2.14. The first-order chi connectivity index (χ1) is 22.0. The van der Waals surface area contributed by atoms with E-state index in [0.29, 0.717) is 13.2 Å². The van der Waals surface area contributed by atoms with Gasteiger partial charge in [0.2, 0.25) is 5.79 Å². The molecule has 0 spiro atoms. The molecule has 8 nitrogen and oxygen atoms in total. The van der Waals surface area contributed by atoms with Gasteiger partial charge >= 0.3 is 0 Å². The zero-order chi connectivity index (χ0) is 31.3. The van der Waals surface area contributed by atoms with Crippen molar-refractivity contribution in [1.82, 2.24) is 0 Å². The molecule has 3 N–H and O–H groups in total. The lowest BCUT2D eigenvalue weighted by molar-refractivity contribution is -0.220. The molecule has 0 bridgehead atoms. The van der Waals surface area contributed by atoms with Crippen LogP contribution >= 0.6 is 0 Å². The second-order valence-corrected chi connectivity index (χ2v) is 13.2. The molecule has 0 radical (unpaired) electrons. The van der Waals surface area contributed by atoms with E-state index >= 15 is 0 Å². The minimum Gasteiger partial charge on any atom is -0.394 e. The van der Waals surface area contributed by atoms with Crippen molar-refractivity contribution in [1.29, 1.82) is 0 Å². The minimum atomic E-state index is -1.58. The first-order valence-corrected chi connectivity index (χ1v) is 16.9. The number of allylic oxidation sites excluding steroid dienone is 1. The van der Waals surface area contributed by atoms with Crippen LogP contribution in [0.4, 0.5) is 0 Å². The minimum absolute atomic E-state index is 0.0693. The molecule has 2 aromatic carbocycles. The van der Waals surface area contributed by atoms with Gasteiger partial charge in [0.25, 0.3) is 0 Å². The molecule has 0 aromatic heterocycles. The maximum Gasteiger partial charge on any atom is 0.201 e. The lowest BCUT2D eigenvalue weighted by Crippen LogP contribution is -2.38. The van der Waals surface area contributed by atoms with Gasteiger partial charge < -0.3 is 39.0 Å². The summed E-state index contributed by atoms with van der Waals surface area (Å²) in [6, 6.07) is 20.3. The van der Waals surface area contributed by atoms with Gasteiger partial charge in [0.05, 0.1) is 50.5 Å². The molecule has 246 valence electrons. The van der Waals surface area contributed by atoms with Crippen LogP contribution in [0.15, 0.2) is 73.3 Å². The van der Waals surface area contributed by atoms with Gasteiger partial charge in [0.15, 0.2) is 5.79 Å². The van der Waals surface area contributed by atoms with Gasteiger partial charge in [-0.25, -0.2) is 0 Å². The highest BCUT2D eigenvalue weighted by atomic mass is 16.7. The Morgan fingerprint density at radius 2 is 1.42 bits per heavy atom. The number of ether oxygens (including phenoxy) is 5. The summed E-state index contributed by atoms with van der Waals surface area (Å²) in [5.41, 5.74) is 2.18. The van der Waals surface area contributed by atoms with Crippen molar-refractivity contribution >= 4 is 0 Å². The molecular weight excluding hydrogens is 572 g/mol. The van der Waals surface area contributed by atoms with E-state index < -0.39 is 41.9 Å². The van der Waals surface area contributed by atoms with Crippen LogP contribution < -0.4 is 0 Å². The Bertz CT molecular complexity index is 1210. The van der Waals surface area contributed by atoms with Crippen LogP contribution in [-0.2, 0) is 36.9 Å². The first kappa shape index (κ1) is 32.8. The predicted octanol–water partition coefficient (Wildman–Crippen LogP) is 5.28. The van der Waals surface area contributed by atoms with Crippen molar-refractivity contribution in [2.45, 2.75) is 113 Å². The zero-order valence-corrected chi connectivity index (χ0v) is 26.3. The summed E-state index contributed by atoms with van der Waals surface area (Å²) < 4.78 is 31.7. The molecule has 2 aliphatic carbocycles. The molecule has 2 aliphatic heterocycles. The number of hydrogen-bond acceptors (Lipinski definition) is 8. The highest BCUT2D eigenvalue weighted by molar-refractivity contribution is 5.21. The Morgan fingerprint density at radius 3 is 2.04 bits per heavy atom. The maximum atomic E-state index is 10.8. The van der Waals surface area contributed by atoms with Crippen LogP contribution in [0.1, 0.15) is 68.9 Å². The first-order valence-electron chi connectivity index (χ1n) is 16.9. The van der Waals surface area contributed by atoms with Crippen molar-refractivity contribution in [3.05, 3.63) is 84.4 Å². The van der Waals surface area contributed by atoms with Crippen molar-refractivity contribution in [2.24, 2.45) is 17.8 Å². The van der Waals surface area contributed by atoms with Crippen molar-refractivity contribution in [2.75, 3.05) is 13.2 Å². The third kappa shape index (κ3) is 7.09. The van der Waals surface area contributed by atoms with E-state index in [1.54, 1.807) is 0 Å². The Labute approximate surface area is 267 Å². The lowest BCUT2D eigenvalue weighted by Gasteiger charge is -2.27. The van der Waals surface area contributed by atoms with Crippen LogP contribution in [0.2, 0.25) is 0 Å². The smallest absolute Gasteiger partial charge is 0.201 e. The van der Waals surface area contributed by atoms with Crippen LogP contribution in [0, 0.1) is 17.8 Å². The summed E-state index contributed by atoms with van der Waals surface area (Å²) in [7, 11) is 0. The van der Waals surface area contributed by atoms with Gasteiger partial charge in [-0.3, -0.25) is 0 Å². The van der Waals surface area contributed by atoms with Crippen molar-refractivity contribution in [3.63, 3.8) is 0 Å². The third-order valence-corrected chi connectivity index (χ3v) is 10.2. The summed E-state index contributed by atoms with van der Waals surface area (Å²) in [6.45, 7) is 4.53. The van der Waals surface area contributed by atoms with E-state index in [1.807, 2.05) is 42.5 Å². The van der Waals surface area contributed by atoms with Crippen LogP contribution in [-0.4, -0.2) is 70.6 Å². The lowest BCUT2D eigenvalue weighted by atomic mass is 10.0. The quantitative estimate of drug-likeness (QED) is 0.135. The highest BCUT2D eigenvalue weighted by Crippen LogP contribution is 2.65. The molecule has 0 amide bonds. The molecule has 4 aliphatic rings. The van der Waals surface area contributed by atoms with Crippen LogP contribution in [0.25, 0.3) is 0 Å². The number of rotatable bonds is 20. The molecule has 8 heteroatoms. The standard InChI is InChI=1S/C37H50O8/c1-2-3-4-5-6-7-8-9-16-21-28-31-34(41-23-26-17-12-10-13-18-26)30(45-37(28,31)43-24-27-19-14-11-15-20-27)25-42-35-32-33(39)29(22-38)44-36(32,35)40/h2,10-15,17-20,28-35,38-40H,1,3-9,16,21-25H2. The largest absolute Gasteiger partial charge is 0.394 e. The fourth-order valence-electron chi connectivity index (χ4n) is 7.65. The molecule has 2 saturated carbocycles. The van der Waals surface area contributed by atoms with Gasteiger partial charge in [-0.1, -0.05) is 105 Å². The summed E-state index contributed by atoms with van der Waals surface area (Å²) in [4.78, 5) is 0. The molecule has 10 unspecified atom stereocenters. The molecule has 10 atom stereocenters. The van der Waals surface area contributed by atoms with Crippen molar-refractivity contribution < 1.29 is 39.0 Å². The molecule has 2 saturated heterocycles. The fourth-order valence-corrected chi connectivity index (χ4v) is 7.65. The topological polar surface area (TPSA) is 107 Å². The van der Waals surface area contributed by atoms with E-state index in [-0.39, 0.29) is 31.2 Å². The molecule has 2 aromatic rings. The van der Waals surface area contributed by atoms with Gasteiger partial charge in [0.1, 0.15) is 18.3 Å².